The van der Waals surface area contributed by atoms with E-state index in [0.717, 1.165) is 22.1 Å². The van der Waals surface area contributed by atoms with E-state index in [1.807, 2.05) is 79.7 Å². The number of aliphatic hydroxyl groups excluding tert-OH is 1. The molecule has 3 aromatic carbocycles. The Labute approximate surface area is 183 Å². The van der Waals surface area contributed by atoms with Crippen LogP contribution in [0.3, 0.4) is 0 Å². The summed E-state index contributed by atoms with van der Waals surface area (Å²) in [4.78, 5) is 0. The van der Waals surface area contributed by atoms with E-state index in [-0.39, 0.29) is 0 Å². The van der Waals surface area contributed by atoms with Gasteiger partial charge in [0.2, 0.25) is 10.0 Å². The molecule has 0 aliphatic rings. The highest BCUT2D eigenvalue weighted by Crippen LogP contribution is 2.41. The lowest BCUT2D eigenvalue weighted by Crippen LogP contribution is -2.22. The van der Waals surface area contributed by atoms with Crippen molar-refractivity contribution in [3.05, 3.63) is 108 Å². The number of para-hydroxylation sites is 1. The number of fused-ring (bicyclic) bond motifs is 1. The Morgan fingerprint density at radius 3 is 2.16 bits per heavy atom. The van der Waals surface area contributed by atoms with Gasteiger partial charge in [0.1, 0.15) is 5.25 Å². The number of aromatic nitrogens is 1. The van der Waals surface area contributed by atoms with Gasteiger partial charge in [0.05, 0.1) is 17.3 Å². The zero-order valence-corrected chi connectivity index (χ0v) is 18.4. The third kappa shape index (κ3) is 3.60. The van der Waals surface area contributed by atoms with Crippen molar-refractivity contribution in [3.8, 4) is 11.1 Å². The van der Waals surface area contributed by atoms with Crippen LogP contribution in [-0.4, -0.2) is 17.5 Å². The van der Waals surface area contributed by atoms with Gasteiger partial charge < -0.3 is 5.11 Å². The molecule has 0 fully saturated rings. The summed E-state index contributed by atoms with van der Waals surface area (Å²) in [6.45, 7) is 7.37. The molecule has 31 heavy (non-hydrogen) atoms. The van der Waals surface area contributed by atoms with Gasteiger partial charge >= 0.3 is 0 Å². The van der Waals surface area contributed by atoms with Crippen LogP contribution in [0.2, 0.25) is 0 Å². The first-order chi connectivity index (χ1) is 14.9. The molecule has 4 rings (SSSR count). The Balaban J connectivity index is 2.06. The molecule has 4 aromatic rings. The molecule has 1 aromatic heterocycles. The Hall–Kier alpha value is -3.15. The highest BCUT2D eigenvalue weighted by molar-refractivity contribution is 7.90. The largest absolute Gasteiger partial charge is 0.387 e. The van der Waals surface area contributed by atoms with Gasteiger partial charge in [0.25, 0.3) is 0 Å². The highest BCUT2D eigenvalue weighted by Gasteiger charge is 2.33. The maximum Gasteiger partial charge on any atom is 0.250 e. The molecule has 0 aliphatic carbocycles. The smallest absolute Gasteiger partial charge is 0.250 e. The van der Waals surface area contributed by atoms with Crippen LogP contribution >= 0.6 is 0 Å². The number of nitrogens with zero attached hydrogens (tertiary/aromatic N) is 1. The molecular weight excluding hydrogens is 406 g/mol. The monoisotopic (exact) mass is 431 g/mol. The third-order valence-electron chi connectivity index (χ3n) is 5.52. The minimum absolute atomic E-state index is 0.353. The second-order valence-corrected chi connectivity index (χ2v) is 9.60. The Morgan fingerprint density at radius 2 is 1.55 bits per heavy atom. The fourth-order valence-electron chi connectivity index (χ4n) is 4.09. The molecule has 0 bridgehead atoms. The van der Waals surface area contributed by atoms with Crippen molar-refractivity contribution >= 4 is 20.9 Å². The van der Waals surface area contributed by atoms with Gasteiger partial charge in [-0.15, -0.1) is 6.58 Å². The molecule has 5 heteroatoms. The van der Waals surface area contributed by atoms with Crippen LogP contribution < -0.4 is 0 Å². The Kier molecular flexibility index (Phi) is 5.56. The highest BCUT2D eigenvalue weighted by atomic mass is 32.2. The zero-order chi connectivity index (χ0) is 22.2. The lowest BCUT2D eigenvalue weighted by atomic mass is 10.0. The normalized spacial score (nSPS) is 13.8. The van der Waals surface area contributed by atoms with Crippen molar-refractivity contribution in [3.63, 3.8) is 0 Å². The van der Waals surface area contributed by atoms with Crippen molar-refractivity contribution in [1.82, 2.24) is 3.97 Å². The van der Waals surface area contributed by atoms with Crippen molar-refractivity contribution in [2.75, 3.05) is 0 Å². The van der Waals surface area contributed by atoms with E-state index in [1.165, 1.54) is 10.0 Å². The van der Waals surface area contributed by atoms with Gasteiger partial charge in [-0.3, -0.25) is 0 Å². The van der Waals surface area contributed by atoms with Crippen molar-refractivity contribution in [2.45, 2.75) is 25.2 Å². The summed E-state index contributed by atoms with van der Waals surface area (Å²) in [6, 6.07) is 24.3. The van der Waals surface area contributed by atoms with Crippen molar-refractivity contribution < 1.29 is 13.5 Å². The van der Waals surface area contributed by atoms with Crippen LogP contribution in [0.1, 0.15) is 35.1 Å². The van der Waals surface area contributed by atoms with Crippen LogP contribution in [0.5, 0.6) is 0 Å². The van der Waals surface area contributed by atoms with Gasteiger partial charge in [0.15, 0.2) is 0 Å². The maximum atomic E-state index is 14.0. The van der Waals surface area contributed by atoms with Gasteiger partial charge in [0, 0.05) is 10.9 Å². The second-order valence-electron chi connectivity index (χ2n) is 7.70. The first kappa shape index (κ1) is 21.1. The van der Waals surface area contributed by atoms with E-state index >= 15 is 0 Å². The fourth-order valence-corrected chi connectivity index (χ4v) is 6.01. The SMILES string of the molecule is C=CC(c1ccc(C)cc1)S(=O)(=O)n1c(C(C)O)c(-c2ccccc2)c2ccccc21. The van der Waals surface area contributed by atoms with E-state index < -0.39 is 21.4 Å². The Bertz CT molecular complexity index is 1330. The molecule has 2 atom stereocenters. The molecule has 0 aliphatic heterocycles. The topological polar surface area (TPSA) is 59.3 Å². The molecule has 0 radical (unpaired) electrons. The van der Waals surface area contributed by atoms with Crippen LogP contribution in [0.15, 0.2) is 91.5 Å². The lowest BCUT2D eigenvalue weighted by Gasteiger charge is -2.20. The number of hydrogen-bond acceptors (Lipinski definition) is 3. The number of hydrogen-bond donors (Lipinski definition) is 1. The number of rotatable bonds is 6. The molecule has 1 N–H and O–H groups in total. The molecular formula is C26H25NO3S. The van der Waals surface area contributed by atoms with Gasteiger partial charge in [-0.05, 0) is 31.0 Å². The molecule has 158 valence electrons. The average Bonchev–Trinajstić information content (AvgIpc) is 3.12. The molecule has 0 amide bonds. The van der Waals surface area contributed by atoms with Crippen molar-refractivity contribution in [1.29, 1.82) is 0 Å². The standard InChI is InChI=1S/C26H25NO3S/c1-4-24(20-16-14-18(2)15-17-20)31(29,30)27-23-13-9-8-12-22(23)25(26(27)19(3)28)21-10-6-5-7-11-21/h4-17,19,24,28H,1H2,2-3H3. The third-order valence-corrected chi connectivity index (χ3v) is 7.53. The zero-order valence-electron chi connectivity index (χ0n) is 17.6. The lowest BCUT2D eigenvalue weighted by molar-refractivity contribution is 0.194. The predicted molar refractivity (Wildman–Crippen MR) is 126 cm³/mol. The molecule has 4 nitrogen and oxygen atoms in total. The fraction of sp³-hybridized carbons (Fsp3) is 0.154. The van der Waals surface area contributed by atoms with Crippen molar-refractivity contribution in [2.24, 2.45) is 0 Å². The molecule has 0 saturated carbocycles. The Morgan fingerprint density at radius 1 is 0.935 bits per heavy atom. The van der Waals surface area contributed by atoms with Gasteiger partial charge in [-0.25, -0.2) is 12.4 Å². The van der Waals surface area contributed by atoms with Crippen LogP contribution in [0, 0.1) is 6.92 Å². The van der Waals surface area contributed by atoms with Crippen LogP contribution in [-0.2, 0) is 10.0 Å². The first-order valence-electron chi connectivity index (χ1n) is 10.2. The van der Waals surface area contributed by atoms with Crippen LogP contribution in [0.25, 0.3) is 22.0 Å². The number of benzene rings is 3. The molecule has 2 unspecified atom stereocenters. The maximum absolute atomic E-state index is 14.0. The molecule has 0 spiro atoms. The number of aliphatic hydroxyl groups is 1. The summed E-state index contributed by atoms with van der Waals surface area (Å²) < 4.78 is 29.3. The number of aryl methyl sites for hydroxylation is 1. The molecule has 0 saturated heterocycles. The summed E-state index contributed by atoms with van der Waals surface area (Å²) in [5.41, 5.74) is 4.15. The predicted octanol–water partition coefficient (Wildman–Crippen LogP) is 5.78. The minimum atomic E-state index is -3.97. The van der Waals surface area contributed by atoms with E-state index in [9.17, 15) is 13.5 Å². The summed E-state index contributed by atoms with van der Waals surface area (Å²) in [5, 5.41) is 10.6. The second kappa shape index (κ2) is 8.17. The summed E-state index contributed by atoms with van der Waals surface area (Å²) in [6.07, 6.45) is 0.448. The minimum Gasteiger partial charge on any atom is -0.387 e. The van der Waals surface area contributed by atoms with E-state index in [0.29, 0.717) is 16.8 Å². The van der Waals surface area contributed by atoms with E-state index in [1.54, 1.807) is 13.0 Å². The summed E-state index contributed by atoms with van der Waals surface area (Å²) >= 11 is 0. The van der Waals surface area contributed by atoms with Gasteiger partial charge in [-0.2, -0.15) is 0 Å². The first-order valence-corrected chi connectivity index (χ1v) is 11.7. The molecule has 1 heterocycles. The average molecular weight is 432 g/mol. The summed E-state index contributed by atoms with van der Waals surface area (Å²) in [7, 11) is -3.97. The van der Waals surface area contributed by atoms with E-state index in [2.05, 4.69) is 6.58 Å². The quantitative estimate of drug-likeness (QED) is 0.394. The van der Waals surface area contributed by atoms with Gasteiger partial charge in [-0.1, -0.05) is 84.4 Å². The summed E-state index contributed by atoms with van der Waals surface area (Å²) in [5.74, 6) is 0. The van der Waals surface area contributed by atoms with E-state index in [4.69, 9.17) is 0 Å². The van der Waals surface area contributed by atoms with Crippen LogP contribution in [0.4, 0.5) is 0 Å².